The molecule has 0 aliphatic carbocycles. The minimum absolute atomic E-state index is 0.374. The van der Waals surface area contributed by atoms with E-state index < -0.39 is 0 Å². The number of unbranched alkanes of at least 4 members (excludes halogenated alkanes) is 1. The summed E-state index contributed by atoms with van der Waals surface area (Å²) in [4.78, 5) is 11.5. The second-order valence-electron chi connectivity index (χ2n) is 3.43. The first-order valence-corrected chi connectivity index (χ1v) is 5.69. The lowest BCUT2D eigenvalue weighted by Gasteiger charge is -2.11. The molecule has 1 N–H and O–H groups in total. The van der Waals surface area contributed by atoms with Crippen molar-refractivity contribution in [1.29, 1.82) is 0 Å². The van der Waals surface area contributed by atoms with Crippen molar-refractivity contribution in [3.8, 4) is 0 Å². The van der Waals surface area contributed by atoms with Gasteiger partial charge in [-0.2, -0.15) is 0 Å². The second kappa shape index (κ2) is 6.38. The Morgan fingerprint density at radius 2 is 2.25 bits per heavy atom. The molecular weight excluding hydrogens is 226 g/mol. The molecule has 88 valence electrons. The van der Waals surface area contributed by atoms with E-state index in [1.54, 1.807) is 18.2 Å². The fraction of sp³-hybridized carbons (Fsp3) is 0.417. The standard InChI is InChI=1S/C12H16ClNO2/c1-3-4-8-14-11-9(12(15)16-2)6-5-7-10(11)13/h5-7,14H,3-4,8H2,1-2H3. The van der Waals surface area contributed by atoms with E-state index in [0.717, 1.165) is 19.4 Å². The summed E-state index contributed by atoms with van der Waals surface area (Å²) in [5.41, 5.74) is 1.13. The fourth-order valence-corrected chi connectivity index (χ4v) is 1.62. The third-order valence-corrected chi connectivity index (χ3v) is 2.57. The van der Waals surface area contributed by atoms with E-state index in [-0.39, 0.29) is 5.97 Å². The molecule has 1 aromatic carbocycles. The van der Waals surface area contributed by atoms with E-state index >= 15 is 0 Å². The molecule has 0 amide bonds. The Morgan fingerprint density at radius 3 is 2.88 bits per heavy atom. The average Bonchev–Trinajstić information content (AvgIpc) is 2.30. The molecule has 0 spiro atoms. The SMILES string of the molecule is CCCCNc1c(Cl)cccc1C(=O)OC. The molecule has 3 nitrogen and oxygen atoms in total. The molecule has 0 unspecified atom stereocenters. The van der Waals surface area contributed by atoms with Crippen molar-refractivity contribution in [1.82, 2.24) is 0 Å². The number of esters is 1. The summed E-state index contributed by atoms with van der Waals surface area (Å²) in [6, 6.07) is 5.19. The van der Waals surface area contributed by atoms with E-state index in [9.17, 15) is 4.79 Å². The second-order valence-corrected chi connectivity index (χ2v) is 3.84. The van der Waals surface area contributed by atoms with Crippen molar-refractivity contribution in [2.75, 3.05) is 19.0 Å². The zero-order chi connectivity index (χ0) is 12.0. The van der Waals surface area contributed by atoms with Crippen molar-refractivity contribution in [2.45, 2.75) is 19.8 Å². The summed E-state index contributed by atoms with van der Waals surface area (Å²) >= 11 is 6.04. The minimum Gasteiger partial charge on any atom is -0.465 e. The summed E-state index contributed by atoms with van der Waals surface area (Å²) in [6.07, 6.45) is 2.12. The summed E-state index contributed by atoms with van der Waals surface area (Å²) in [5.74, 6) is -0.374. The average molecular weight is 242 g/mol. The number of rotatable bonds is 5. The Hall–Kier alpha value is -1.22. The van der Waals surface area contributed by atoms with Gasteiger partial charge in [-0.05, 0) is 18.6 Å². The van der Waals surface area contributed by atoms with Crippen LogP contribution in [-0.4, -0.2) is 19.6 Å². The van der Waals surface area contributed by atoms with Crippen molar-refractivity contribution in [3.63, 3.8) is 0 Å². The summed E-state index contributed by atoms with van der Waals surface area (Å²) < 4.78 is 4.70. The van der Waals surface area contributed by atoms with Crippen LogP contribution in [0.2, 0.25) is 5.02 Å². The molecular formula is C12H16ClNO2. The van der Waals surface area contributed by atoms with Gasteiger partial charge in [0.25, 0.3) is 0 Å². The summed E-state index contributed by atoms with van der Waals surface area (Å²) in [5, 5.41) is 3.71. The van der Waals surface area contributed by atoms with Crippen molar-refractivity contribution < 1.29 is 9.53 Å². The molecule has 0 fully saturated rings. The van der Waals surface area contributed by atoms with Crippen LogP contribution in [0, 0.1) is 0 Å². The fourth-order valence-electron chi connectivity index (χ4n) is 1.37. The van der Waals surface area contributed by atoms with E-state index in [1.807, 2.05) is 0 Å². The van der Waals surface area contributed by atoms with Crippen molar-refractivity contribution in [3.05, 3.63) is 28.8 Å². The van der Waals surface area contributed by atoms with Crippen molar-refractivity contribution in [2.24, 2.45) is 0 Å². The van der Waals surface area contributed by atoms with Gasteiger partial charge in [0.1, 0.15) is 0 Å². The highest BCUT2D eigenvalue weighted by molar-refractivity contribution is 6.34. The van der Waals surface area contributed by atoms with E-state index in [1.165, 1.54) is 7.11 Å². The topological polar surface area (TPSA) is 38.3 Å². The minimum atomic E-state index is -0.374. The molecule has 0 saturated carbocycles. The quantitative estimate of drug-likeness (QED) is 0.635. The number of hydrogen-bond donors (Lipinski definition) is 1. The molecule has 0 heterocycles. The lowest BCUT2D eigenvalue weighted by molar-refractivity contribution is 0.0602. The first-order chi connectivity index (χ1) is 7.70. The van der Waals surface area contributed by atoms with Gasteiger partial charge in [-0.25, -0.2) is 4.79 Å². The molecule has 1 aromatic rings. The van der Waals surface area contributed by atoms with Gasteiger partial charge in [0.15, 0.2) is 0 Å². The van der Waals surface area contributed by atoms with Gasteiger partial charge in [0.05, 0.1) is 23.4 Å². The van der Waals surface area contributed by atoms with Gasteiger partial charge in [0, 0.05) is 6.54 Å². The van der Waals surface area contributed by atoms with E-state index in [0.29, 0.717) is 16.3 Å². The normalized spacial score (nSPS) is 9.94. The lowest BCUT2D eigenvalue weighted by Crippen LogP contribution is -2.09. The zero-order valence-electron chi connectivity index (χ0n) is 9.55. The predicted molar refractivity (Wildman–Crippen MR) is 66.2 cm³/mol. The number of nitrogens with one attached hydrogen (secondary N) is 1. The number of halogens is 1. The molecule has 0 radical (unpaired) electrons. The Kier molecular flexibility index (Phi) is 5.12. The maximum atomic E-state index is 11.5. The van der Waals surface area contributed by atoms with Gasteiger partial charge in [-0.1, -0.05) is 31.0 Å². The highest BCUT2D eigenvalue weighted by Crippen LogP contribution is 2.26. The zero-order valence-corrected chi connectivity index (χ0v) is 10.3. The van der Waals surface area contributed by atoms with Crippen LogP contribution in [0.25, 0.3) is 0 Å². The number of hydrogen-bond acceptors (Lipinski definition) is 3. The Labute approximate surface area is 101 Å². The number of carbonyl (C=O) groups excluding carboxylic acids is 1. The monoisotopic (exact) mass is 241 g/mol. The molecule has 0 bridgehead atoms. The van der Waals surface area contributed by atoms with Crippen LogP contribution in [0.1, 0.15) is 30.1 Å². The largest absolute Gasteiger partial charge is 0.465 e. The summed E-state index contributed by atoms with van der Waals surface area (Å²) in [7, 11) is 1.36. The number of benzene rings is 1. The smallest absolute Gasteiger partial charge is 0.340 e. The van der Waals surface area contributed by atoms with Crippen LogP contribution in [0.4, 0.5) is 5.69 Å². The van der Waals surface area contributed by atoms with Crippen molar-refractivity contribution >= 4 is 23.3 Å². The molecule has 0 aliphatic heterocycles. The van der Waals surface area contributed by atoms with E-state index in [4.69, 9.17) is 16.3 Å². The number of ether oxygens (including phenoxy) is 1. The Bertz CT molecular complexity index is 366. The van der Waals surface area contributed by atoms with Crippen LogP contribution in [0.3, 0.4) is 0 Å². The third-order valence-electron chi connectivity index (χ3n) is 2.25. The summed E-state index contributed by atoms with van der Waals surface area (Å²) in [6.45, 7) is 2.90. The molecule has 0 aliphatic rings. The molecule has 0 saturated heterocycles. The molecule has 16 heavy (non-hydrogen) atoms. The maximum Gasteiger partial charge on any atom is 0.340 e. The van der Waals surface area contributed by atoms with Crippen LogP contribution >= 0.6 is 11.6 Å². The lowest BCUT2D eigenvalue weighted by atomic mass is 10.1. The van der Waals surface area contributed by atoms with Gasteiger partial charge in [0.2, 0.25) is 0 Å². The first kappa shape index (κ1) is 12.8. The Morgan fingerprint density at radius 1 is 1.50 bits per heavy atom. The highest BCUT2D eigenvalue weighted by atomic mass is 35.5. The number of para-hydroxylation sites is 1. The van der Waals surface area contributed by atoms with Gasteiger partial charge in [-0.15, -0.1) is 0 Å². The molecule has 4 heteroatoms. The highest BCUT2D eigenvalue weighted by Gasteiger charge is 2.13. The molecule has 1 rings (SSSR count). The molecule has 0 atom stereocenters. The third kappa shape index (κ3) is 3.14. The molecule has 0 aromatic heterocycles. The van der Waals surface area contributed by atoms with Crippen LogP contribution < -0.4 is 5.32 Å². The number of carbonyl (C=O) groups is 1. The van der Waals surface area contributed by atoms with Gasteiger partial charge >= 0.3 is 5.97 Å². The van der Waals surface area contributed by atoms with Crippen LogP contribution in [0.5, 0.6) is 0 Å². The van der Waals surface area contributed by atoms with Gasteiger partial charge in [-0.3, -0.25) is 0 Å². The van der Waals surface area contributed by atoms with Crippen LogP contribution in [0.15, 0.2) is 18.2 Å². The van der Waals surface area contributed by atoms with Gasteiger partial charge < -0.3 is 10.1 Å². The first-order valence-electron chi connectivity index (χ1n) is 5.31. The maximum absolute atomic E-state index is 11.5. The Balaban J connectivity index is 2.90. The number of anilines is 1. The number of methoxy groups -OCH3 is 1. The predicted octanol–water partition coefficient (Wildman–Crippen LogP) is 3.34. The van der Waals surface area contributed by atoms with Crippen LogP contribution in [-0.2, 0) is 4.74 Å². The van der Waals surface area contributed by atoms with E-state index in [2.05, 4.69) is 12.2 Å².